The number of hydrogen-bond donors (Lipinski definition) is 0. The first-order valence-electron chi connectivity index (χ1n) is 9.98. The summed E-state index contributed by atoms with van der Waals surface area (Å²) >= 11 is 8.49. The number of para-hydroxylation sites is 1. The van der Waals surface area contributed by atoms with Crippen LogP contribution in [0.25, 0.3) is 16.0 Å². The van der Waals surface area contributed by atoms with Gasteiger partial charge in [0.05, 0.1) is 12.2 Å². The Labute approximate surface area is 198 Å². The highest BCUT2D eigenvalue weighted by Gasteiger charge is 2.18. The van der Waals surface area contributed by atoms with Gasteiger partial charge >= 0.3 is 0 Å². The average Bonchev–Trinajstić information content (AvgIpc) is 3.15. The minimum Gasteiger partial charge on any atom is -0.303 e. The number of fused-ring (bicyclic) bond motifs is 1. The van der Waals surface area contributed by atoms with Gasteiger partial charge < -0.3 is 4.57 Å². The number of hydrogen-bond acceptors (Lipinski definition) is 6. The Bertz CT molecular complexity index is 1480. The van der Waals surface area contributed by atoms with Crippen molar-refractivity contribution in [3.63, 3.8) is 0 Å². The molecule has 0 spiro atoms. The van der Waals surface area contributed by atoms with Gasteiger partial charge in [0.1, 0.15) is 4.70 Å². The molecule has 32 heavy (non-hydrogen) atoms. The Morgan fingerprint density at radius 2 is 1.59 bits per heavy atom. The smallest absolute Gasteiger partial charge is 0.278 e. The summed E-state index contributed by atoms with van der Waals surface area (Å²) in [6, 6.07) is 23.7. The number of thiazole rings is 1. The molecule has 5 rings (SSSR count). The molecule has 158 valence electrons. The van der Waals surface area contributed by atoms with Crippen LogP contribution in [0, 0.1) is 3.95 Å². The van der Waals surface area contributed by atoms with E-state index in [1.165, 1.54) is 23.1 Å². The molecule has 3 heterocycles. The van der Waals surface area contributed by atoms with Gasteiger partial charge in [-0.05, 0) is 47.6 Å². The highest BCUT2D eigenvalue weighted by Crippen LogP contribution is 2.27. The lowest BCUT2D eigenvalue weighted by atomic mass is 10.2. The lowest BCUT2D eigenvalue weighted by Crippen LogP contribution is -2.21. The molecule has 0 bridgehead atoms. The molecule has 3 aromatic heterocycles. The third-order valence-electron chi connectivity index (χ3n) is 4.97. The van der Waals surface area contributed by atoms with Crippen molar-refractivity contribution < 1.29 is 0 Å². The molecule has 0 radical (unpaired) electrons. The highest BCUT2D eigenvalue weighted by molar-refractivity contribution is 7.98. The maximum Gasteiger partial charge on any atom is 0.278 e. The summed E-state index contributed by atoms with van der Waals surface area (Å²) in [7, 11) is 0. The Balaban J connectivity index is 1.66. The molecular formula is C24H18N4OS3. The number of rotatable bonds is 6. The van der Waals surface area contributed by atoms with Crippen LogP contribution >= 0.6 is 35.3 Å². The van der Waals surface area contributed by atoms with Crippen molar-refractivity contribution in [2.45, 2.75) is 17.5 Å². The topological polar surface area (TPSA) is 52.7 Å². The molecule has 0 N–H and O–H groups in total. The van der Waals surface area contributed by atoms with Crippen molar-refractivity contribution in [3.05, 3.63) is 111 Å². The number of pyridine rings is 1. The normalized spacial score (nSPS) is 11.1. The first-order chi connectivity index (χ1) is 15.7. The van der Waals surface area contributed by atoms with Gasteiger partial charge in [-0.2, -0.15) is 0 Å². The molecule has 0 amide bonds. The molecule has 0 aliphatic carbocycles. The van der Waals surface area contributed by atoms with Crippen LogP contribution in [-0.4, -0.2) is 19.1 Å². The summed E-state index contributed by atoms with van der Waals surface area (Å²) < 4.78 is 4.86. The van der Waals surface area contributed by atoms with E-state index in [1.807, 2.05) is 65.2 Å². The van der Waals surface area contributed by atoms with Gasteiger partial charge in [0, 0.05) is 18.1 Å². The van der Waals surface area contributed by atoms with Crippen LogP contribution in [0.15, 0.2) is 95.1 Å². The SMILES string of the molecule is O=c1c2sc(=S)n(Cc3ccccc3)c2nc(SCc2ccncc2)n1-c1ccccc1. The lowest BCUT2D eigenvalue weighted by molar-refractivity contribution is 0.773. The van der Waals surface area contributed by atoms with E-state index in [2.05, 4.69) is 17.1 Å². The second kappa shape index (κ2) is 9.20. The van der Waals surface area contributed by atoms with Crippen LogP contribution in [0.1, 0.15) is 11.1 Å². The van der Waals surface area contributed by atoms with Gasteiger partial charge in [0.2, 0.25) is 0 Å². The van der Waals surface area contributed by atoms with Crippen LogP contribution in [0.3, 0.4) is 0 Å². The van der Waals surface area contributed by atoms with Gasteiger partial charge in [-0.1, -0.05) is 71.6 Å². The van der Waals surface area contributed by atoms with Gasteiger partial charge in [-0.15, -0.1) is 0 Å². The summed E-state index contributed by atoms with van der Waals surface area (Å²) in [4.78, 5) is 22.7. The minimum atomic E-state index is -0.0960. The Morgan fingerprint density at radius 1 is 0.906 bits per heavy atom. The summed E-state index contributed by atoms with van der Waals surface area (Å²) in [6.07, 6.45) is 3.54. The maximum absolute atomic E-state index is 13.6. The fourth-order valence-corrected chi connectivity index (χ4v) is 5.63. The van der Waals surface area contributed by atoms with Crippen LogP contribution in [0.2, 0.25) is 0 Å². The largest absolute Gasteiger partial charge is 0.303 e. The maximum atomic E-state index is 13.6. The van der Waals surface area contributed by atoms with Crippen molar-refractivity contribution in [2.24, 2.45) is 0 Å². The van der Waals surface area contributed by atoms with Gasteiger partial charge in [-0.25, -0.2) is 4.98 Å². The monoisotopic (exact) mass is 474 g/mol. The van der Waals surface area contributed by atoms with Crippen molar-refractivity contribution in [1.29, 1.82) is 0 Å². The van der Waals surface area contributed by atoms with Crippen molar-refractivity contribution in [1.82, 2.24) is 19.1 Å². The van der Waals surface area contributed by atoms with Crippen molar-refractivity contribution >= 4 is 45.7 Å². The van der Waals surface area contributed by atoms with E-state index < -0.39 is 0 Å². The van der Waals surface area contributed by atoms with Gasteiger partial charge in [0.25, 0.3) is 5.56 Å². The first-order valence-corrected chi connectivity index (χ1v) is 12.2. The summed E-state index contributed by atoms with van der Waals surface area (Å²) in [5.41, 5.74) is 3.56. The summed E-state index contributed by atoms with van der Waals surface area (Å²) in [6.45, 7) is 0.579. The van der Waals surface area contributed by atoms with E-state index in [0.717, 1.165) is 16.8 Å². The average molecular weight is 475 g/mol. The lowest BCUT2D eigenvalue weighted by Gasteiger charge is -2.13. The zero-order valence-corrected chi connectivity index (χ0v) is 19.4. The predicted molar refractivity (Wildman–Crippen MR) is 133 cm³/mol. The van der Waals surface area contributed by atoms with Crippen LogP contribution < -0.4 is 5.56 Å². The Morgan fingerprint density at radius 3 is 2.31 bits per heavy atom. The van der Waals surface area contributed by atoms with Crippen molar-refractivity contribution in [2.75, 3.05) is 0 Å². The molecule has 0 saturated carbocycles. The van der Waals surface area contributed by atoms with Crippen molar-refractivity contribution in [3.8, 4) is 5.69 Å². The van der Waals surface area contributed by atoms with Crippen LogP contribution in [-0.2, 0) is 12.3 Å². The summed E-state index contributed by atoms with van der Waals surface area (Å²) in [5.74, 6) is 0.677. The van der Waals surface area contributed by atoms with Gasteiger partial charge in [-0.3, -0.25) is 14.3 Å². The highest BCUT2D eigenvalue weighted by atomic mass is 32.2. The number of benzene rings is 2. The van der Waals surface area contributed by atoms with E-state index in [0.29, 0.717) is 31.8 Å². The fraction of sp³-hybridized carbons (Fsp3) is 0.0833. The predicted octanol–water partition coefficient (Wildman–Crippen LogP) is 5.71. The second-order valence-corrected chi connectivity index (χ2v) is 9.69. The molecule has 5 nitrogen and oxygen atoms in total. The standard InChI is InChI=1S/C24H18N4OS3/c29-22-20-21(27(24(30)32-20)15-17-7-3-1-4-8-17)26-23(28(22)19-9-5-2-6-10-19)31-16-18-11-13-25-14-12-18/h1-14H,15-16H2. The quantitative estimate of drug-likeness (QED) is 0.179. The molecule has 8 heteroatoms. The zero-order chi connectivity index (χ0) is 21.9. The molecule has 0 fully saturated rings. The molecular weight excluding hydrogens is 456 g/mol. The Kier molecular flexibility index (Phi) is 5.98. The van der Waals surface area contributed by atoms with E-state index in [9.17, 15) is 4.79 Å². The number of nitrogens with zero attached hydrogens (tertiary/aromatic N) is 4. The summed E-state index contributed by atoms with van der Waals surface area (Å²) in [5, 5.41) is 0.639. The first kappa shape index (κ1) is 20.8. The number of thioether (sulfide) groups is 1. The fourth-order valence-electron chi connectivity index (χ4n) is 3.41. The van der Waals surface area contributed by atoms with E-state index >= 15 is 0 Å². The van der Waals surface area contributed by atoms with E-state index in [-0.39, 0.29) is 5.56 Å². The van der Waals surface area contributed by atoms with E-state index in [4.69, 9.17) is 17.2 Å². The molecule has 0 aliphatic rings. The molecule has 0 saturated heterocycles. The molecule has 0 atom stereocenters. The third-order valence-corrected chi connectivity index (χ3v) is 7.41. The minimum absolute atomic E-state index is 0.0960. The van der Waals surface area contributed by atoms with E-state index in [1.54, 1.807) is 17.0 Å². The molecule has 5 aromatic rings. The zero-order valence-electron chi connectivity index (χ0n) is 16.9. The van der Waals surface area contributed by atoms with Crippen LogP contribution in [0.5, 0.6) is 0 Å². The van der Waals surface area contributed by atoms with Crippen LogP contribution in [0.4, 0.5) is 0 Å². The second-order valence-electron chi connectivity index (χ2n) is 7.11. The number of aromatic nitrogens is 4. The third kappa shape index (κ3) is 4.17. The van der Waals surface area contributed by atoms with Gasteiger partial charge in [0.15, 0.2) is 14.8 Å². The Hall–Kier alpha value is -3.07. The molecule has 0 unspecified atom stereocenters. The molecule has 0 aliphatic heterocycles. The molecule has 2 aromatic carbocycles.